The number of nitrogens with zero attached hydrogens (tertiary/aromatic N) is 1. The van der Waals surface area contributed by atoms with Gasteiger partial charge in [-0.1, -0.05) is 90.5 Å². The van der Waals surface area contributed by atoms with Crippen LogP contribution in [0.3, 0.4) is 0 Å². The van der Waals surface area contributed by atoms with Crippen LogP contribution >= 0.6 is 0 Å². The van der Waals surface area contributed by atoms with Crippen LogP contribution in [0.15, 0.2) is 163 Å². The van der Waals surface area contributed by atoms with E-state index in [2.05, 4.69) is 11.4 Å². The number of ketones is 2. The fourth-order valence-corrected chi connectivity index (χ4v) is 10.3. The number of nitrogens with one attached hydrogen (secondary N) is 1. The lowest BCUT2D eigenvalue weighted by Crippen LogP contribution is -2.60. The van der Waals surface area contributed by atoms with Crippen molar-refractivity contribution in [3.05, 3.63) is 180 Å². The number of amides is 2. The number of imide groups is 1. The van der Waals surface area contributed by atoms with Gasteiger partial charge in [-0.25, -0.2) is 0 Å². The quantitative estimate of drug-likeness (QED) is 0.132. The molecule has 6 unspecified atom stereocenters. The summed E-state index contributed by atoms with van der Waals surface area (Å²) in [6.07, 6.45) is 6.15. The van der Waals surface area contributed by atoms with Crippen molar-refractivity contribution in [3.63, 3.8) is 0 Å². The zero-order valence-electron chi connectivity index (χ0n) is 30.9. The second-order valence-corrected chi connectivity index (χ2v) is 15.6. The molecule has 5 aromatic rings. The highest BCUT2D eigenvalue weighted by molar-refractivity contribution is 6.31. The molecule has 5 aliphatic rings. The lowest BCUT2D eigenvalue weighted by atomic mass is 9.44. The summed E-state index contributed by atoms with van der Waals surface area (Å²) >= 11 is 0. The van der Waals surface area contributed by atoms with Gasteiger partial charge in [0.15, 0.2) is 11.6 Å². The number of carbonyl (C=O) groups is 4. The maximum atomic E-state index is 15.3. The predicted molar refractivity (Wildman–Crippen MR) is 217 cm³/mol. The van der Waals surface area contributed by atoms with Gasteiger partial charge < -0.3 is 15.2 Å². The molecule has 2 amide bonds. The minimum absolute atomic E-state index is 0.0916. The Kier molecular flexibility index (Phi) is 8.18. The number of fused-ring (bicyclic) bond motifs is 5. The summed E-state index contributed by atoms with van der Waals surface area (Å²) < 4.78 is 6.24. The van der Waals surface area contributed by atoms with Gasteiger partial charge >= 0.3 is 0 Å². The number of phenols is 1. The van der Waals surface area contributed by atoms with E-state index >= 15 is 9.59 Å². The molecule has 0 bridgehead atoms. The van der Waals surface area contributed by atoms with E-state index in [-0.39, 0.29) is 35.6 Å². The maximum Gasteiger partial charge on any atom is 0.238 e. The number of anilines is 3. The van der Waals surface area contributed by atoms with Gasteiger partial charge in [0.2, 0.25) is 11.8 Å². The van der Waals surface area contributed by atoms with Crippen molar-refractivity contribution in [2.24, 2.45) is 29.6 Å². The number of rotatable bonds is 6. The van der Waals surface area contributed by atoms with Crippen LogP contribution in [0, 0.1) is 29.6 Å². The van der Waals surface area contributed by atoms with E-state index in [4.69, 9.17) is 4.74 Å². The molecule has 5 aromatic carbocycles. The standard InChI is InChI=1S/C49H38N2O6/c52-36-20-23-42-30(25-36)24-31(28-57-42)45-37-21-22-38-44(48(56)51(47(38)55)35-18-16-34(17-19-35)50-33-14-8-3-9-15-33)40(37)26-41-46(54)39(29-10-4-1-5-11-29)27-43(53)49(41,45)32-12-6-2-7-13-32/h1-21,23,25,27-28,38,40-41,44-45,50,52H,22,24,26H2. The number of para-hydroxylation sites is 1. The lowest BCUT2D eigenvalue weighted by molar-refractivity contribution is -0.136. The van der Waals surface area contributed by atoms with Crippen molar-refractivity contribution < 1.29 is 29.0 Å². The van der Waals surface area contributed by atoms with Crippen molar-refractivity contribution in [3.8, 4) is 11.5 Å². The molecule has 2 fully saturated rings. The van der Waals surface area contributed by atoms with Crippen LogP contribution in [-0.2, 0) is 31.0 Å². The number of Topliss-reactive ketones (excluding diaryl/α,β-unsaturated/α-hetero) is 1. The SMILES string of the molecule is O=C1C(c2ccccc2)=CC(=O)C2(c3ccccc3)C1CC1C(=CCC3C(=O)N(c4ccc(Nc5ccccc5)cc4)C(=O)C31)C2C1=COc2ccc(O)cc2C1. The van der Waals surface area contributed by atoms with Crippen molar-refractivity contribution in [1.82, 2.24) is 0 Å². The summed E-state index contributed by atoms with van der Waals surface area (Å²) in [6.45, 7) is 0. The number of hydrogen-bond donors (Lipinski definition) is 2. The minimum atomic E-state index is -1.36. The predicted octanol–water partition coefficient (Wildman–Crippen LogP) is 8.52. The third kappa shape index (κ3) is 5.42. The van der Waals surface area contributed by atoms with E-state index in [9.17, 15) is 14.7 Å². The Balaban J connectivity index is 1.10. The molecule has 2 heterocycles. The number of ether oxygens (including phenoxy) is 1. The summed E-state index contributed by atoms with van der Waals surface area (Å²) in [5.41, 5.74) is 4.98. The third-order valence-electron chi connectivity index (χ3n) is 12.7. The van der Waals surface area contributed by atoms with Crippen LogP contribution in [-0.4, -0.2) is 28.5 Å². The first-order valence-corrected chi connectivity index (χ1v) is 19.4. The summed E-state index contributed by atoms with van der Waals surface area (Å²) in [4.78, 5) is 61.1. The van der Waals surface area contributed by atoms with Gasteiger partial charge in [0.1, 0.15) is 11.5 Å². The Hall–Kier alpha value is -6.80. The zero-order chi connectivity index (χ0) is 38.8. The van der Waals surface area contributed by atoms with Gasteiger partial charge in [0.05, 0.1) is 29.2 Å². The zero-order valence-corrected chi connectivity index (χ0v) is 30.9. The fourth-order valence-electron chi connectivity index (χ4n) is 10.3. The second kappa shape index (κ2) is 13.4. The van der Waals surface area contributed by atoms with Crippen molar-refractivity contribution in [1.29, 1.82) is 0 Å². The van der Waals surface area contributed by atoms with E-state index in [1.54, 1.807) is 36.6 Å². The highest BCUT2D eigenvalue weighted by atomic mass is 16.5. The summed E-state index contributed by atoms with van der Waals surface area (Å²) in [6, 6.07) is 40.8. The molecule has 280 valence electrons. The molecule has 0 spiro atoms. The molecule has 0 aromatic heterocycles. The molecule has 57 heavy (non-hydrogen) atoms. The summed E-state index contributed by atoms with van der Waals surface area (Å²) in [7, 11) is 0. The van der Waals surface area contributed by atoms with E-state index in [1.807, 2.05) is 103 Å². The van der Waals surface area contributed by atoms with Gasteiger partial charge in [0, 0.05) is 40.8 Å². The number of aromatic hydroxyl groups is 1. The number of carbonyl (C=O) groups excluding carboxylic acids is 4. The Bertz CT molecular complexity index is 2560. The Morgan fingerprint density at radius 1 is 0.737 bits per heavy atom. The molecule has 10 rings (SSSR count). The number of allylic oxidation sites excluding steroid dienone is 5. The minimum Gasteiger partial charge on any atom is -0.508 e. The Labute approximate surface area is 329 Å². The highest BCUT2D eigenvalue weighted by Gasteiger charge is 2.66. The first kappa shape index (κ1) is 34.7. The third-order valence-corrected chi connectivity index (χ3v) is 12.7. The first-order valence-electron chi connectivity index (χ1n) is 19.4. The molecule has 6 atom stereocenters. The van der Waals surface area contributed by atoms with Crippen LogP contribution in [0.4, 0.5) is 17.1 Å². The van der Waals surface area contributed by atoms with Gasteiger partial charge in [-0.15, -0.1) is 0 Å². The molecule has 8 nitrogen and oxygen atoms in total. The maximum absolute atomic E-state index is 15.3. The number of phenolic OH excluding ortho intramolecular Hbond substituents is 1. The molecule has 3 aliphatic carbocycles. The number of benzene rings is 5. The van der Waals surface area contributed by atoms with Crippen LogP contribution in [0.5, 0.6) is 11.5 Å². The molecule has 2 N–H and O–H groups in total. The number of hydrogen-bond acceptors (Lipinski definition) is 7. The van der Waals surface area contributed by atoms with Crippen LogP contribution in [0.2, 0.25) is 0 Å². The molecular formula is C49H38N2O6. The van der Waals surface area contributed by atoms with E-state index in [1.165, 1.54) is 11.0 Å². The van der Waals surface area contributed by atoms with Crippen LogP contribution in [0.25, 0.3) is 5.57 Å². The summed E-state index contributed by atoms with van der Waals surface area (Å²) in [5.74, 6) is -3.61. The summed E-state index contributed by atoms with van der Waals surface area (Å²) in [5, 5.41) is 13.8. The molecular weight excluding hydrogens is 713 g/mol. The monoisotopic (exact) mass is 750 g/mol. The van der Waals surface area contributed by atoms with E-state index in [0.29, 0.717) is 41.0 Å². The lowest BCUT2D eigenvalue weighted by Gasteiger charge is -2.56. The van der Waals surface area contributed by atoms with E-state index in [0.717, 1.165) is 28.1 Å². The van der Waals surface area contributed by atoms with Crippen molar-refractivity contribution in [2.45, 2.75) is 24.7 Å². The molecule has 8 heteroatoms. The first-order chi connectivity index (χ1) is 27.8. The Morgan fingerprint density at radius 3 is 2.16 bits per heavy atom. The normalized spacial score (nSPS) is 26.2. The molecule has 1 saturated carbocycles. The van der Waals surface area contributed by atoms with Crippen LogP contribution < -0.4 is 15.0 Å². The fraction of sp³-hybridized carbons (Fsp3) is 0.184. The average molecular weight is 751 g/mol. The van der Waals surface area contributed by atoms with Gasteiger partial charge in [0.25, 0.3) is 0 Å². The highest BCUT2D eigenvalue weighted by Crippen LogP contribution is 2.63. The second-order valence-electron chi connectivity index (χ2n) is 15.6. The molecule has 0 radical (unpaired) electrons. The van der Waals surface area contributed by atoms with Gasteiger partial charge in [-0.3, -0.25) is 24.1 Å². The van der Waals surface area contributed by atoms with Crippen molar-refractivity contribution >= 4 is 46.0 Å². The smallest absolute Gasteiger partial charge is 0.238 e. The largest absolute Gasteiger partial charge is 0.508 e. The molecule has 1 saturated heterocycles. The average Bonchev–Trinajstić information content (AvgIpc) is 3.51. The van der Waals surface area contributed by atoms with Gasteiger partial charge in [-0.05, 0) is 96.1 Å². The molecule has 2 aliphatic heterocycles. The van der Waals surface area contributed by atoms with Gasteiger partial charge in [-0.2, -0.15) is 0 Å². The van der Waals surface area contributed by atoms with E-state index < -0.39 is 35.0 Å². The van der Waals surface area contributed by atoms with Crippen molar-refractivity contribution in [2.75, 3.05) is 10.2 Å². The topological polar surface area (TPSA) is 113 Å². The van der Waals surface area contributed by atoms with Crippen LogP contribution in [0.1, 0.15) is 29.5 Å². The Morgan fingerprint density at radius 2 is 1.42 bits per heavy atom.